The van der Waals surface area contributed by atoms with Crippen molar-refractivity contribution >= 4 is 21.6 Å². The lowest BCUT2D eigenvalue weighted by Gasteiger charge is -2.33. The highest BCUT2D eigenvalue weighted by atomic mass is 32.2. The molecule has 0 radical (unpaired) electrons. The smallest absolute Gasteiger partial charge is 0.409 e. The number of likely N-dealkylation sites (tertiary alicyclic amines) is 1. The molecule has 1 atom stereocenters. The van der Waals surface area contributed by atoms with E-state index < -0.39 is 26.6 Å². The topological polar surface area (TPSA) is 75.7 Å². The number of benzene rings is 1. The van der Waals surface area contributed by atoms with Crippen molar-refractivity contribution < 1.29 is 26.7 Å². The van der Waals surface area contributed by atoms with Gasteiger partial charge in [-0.2, -0.15) is 8.78 Å². The van der Waals surface area contributed by atoms with Gasteiger partial charge in [-0.15, -0.1) is 0 Å². The Morgan fingerprint density at radius 2 is 2.09 bits per heavy atom. The van der Waals surface area contributed by atoms with Crippen LogP contribution in [0.5, 0.6) is 0 Å². The number of rotatable bonds is 4. The molecular weight excluding hydrogens is 330 g/mol. The van der Waals surface area contributed by atoms with Gasteiger partial charge in [0.25, 0.3) is 0 Å². The molecule has 0 aromatic heterocycles. The first kappa shape index (κ1) is 17.5. The van der Waals surface area contributed by atoms with Gasteiger partial charge in [0.05, 0.1) is 17.7 Å². The molecule has 0 aliphatic carbocycles. The van der Waals surface area contributed by atoms with Crippen LogP contribution in [0.3, 0.4) is 0 Å². The third kappa shape index (κ3) is 3.90. The van der Waals surface area contributed by atoms with E-state index in [0.717, 1.165) is 6.07 Å². The molecule has 0 bridgehead atoms. The maximum Gasteiger partial charge on any atom is 0.409 e. The number of hydrogen-bond acceptors (Lipinski definition) is 5. The summed E-state index contributed by atoms with van der Waals surface area (Å²) in [6.45, 7) is 0.859. The van der Waals surface area contributed by atoms with Gasteiger partial charge in [-0.3, -0.25) is 0 Å². The zero-order chi connectivity index (χ0) is 17.0. The SMILES string of the molecule is COC(=O)N1CCC[C@@H](Nc2ccccc2S(=O)(=O)C(F)F)C1. The van der Waals surface area contributed by atoms with E-state index in [9.17, 15) is 22.0 Å². The van der Waals surface area contributed by atoms with Crippen LogP contribution in [0.4, 0.5) is 19.3 Å². The number of nitrogens with zero attached hydrogens (tertiary/aromatic N) is 1. The molecule has 2 rings (SSSR count). The molecule has 1 aromatic carbocycles. The fourth-order valence-electron chi connectivity index (χ4n) is 2.54. The minimum Gasteiger partial charge on any atom is -0.453 e. The second-order valence-corrected chi connectivity index (χ2v) is 7.09. The first-order valence-corrected chi connectivity index (χ1v) is 8.61. The Bertz CT molecular complexity index is 666. The van der Waals surface area contributed by atoms with E-state index in [1.54, 1.807) is 6.07 Å². The number of amides is 1. The van der Waals surface area contributed by atoms with E-state index in [4.69, 9.17) is 0 Å². The zero-order valence-electron chi connectivity index (χ0n) is 12.5. The van der Waals surface area contributed by atoms with Crippen LogP contribution in [0.25, 0.3) is 0 Å². The summed E-state index contributed by atoms with van der Waals surface area (Å²) < 4.78 is 53.7. The number of carbonyl (C=O) groups is 1. The van der Waals surface area contributed by atoms with Crippen LogP contribution in [0.1, 0.15) is 12.8 Å². The number of halogens is 2. The van der Waals surface area contributed by atoms with Gasteiger partial charge in [-0.05, 0) is 25.0 Å². The monoisotopic (exact) mass is 348 g/mol. The molecular formula is C14H18F2N2O4S. The van der Waals surface area contributed by atoms with Crippen LogP contribution in [0.15, 0.2) is 29.2 Å². The number of para-hydroxylation sites is 1. The number of sulfone groups is 1. The third-order valence-electron chi connectivity index (χ3n) is 3.64. The van der Waals surface area contributed by atoms with Crippen molar-refractivity contribution in [3.63, 3.8) is 0 Å². The van der Waals surface area contributed by atoms with Crippen LogP contribution in [0.2, 0.25) is 0 Å². The third-order valence-corrected chi connectivity index (χ3v) is 5.08. The fraction of sp³-hybridized carbons (Fsp3) is 0.500. The molecule has 23 heavy (non-hydrogen) atoms. The molecule has 128 valence electrons. The average molecular weight is 348 g/mol. The molecule has 1 heterocycles. The van der Waals surface area contributed by atoms with E-state index in [0.29, 0.717) is 25.9 Å². The van der Waals surface area contributed by atoms with Gasteiger partial charge in [-0.25, -0.2) is 13.2 Å². The number of methoxy groups -OCH3 is 1. The second-order valence-electron chi connectivity index (χ2n) is 5.20. The lowest BCUT2D eigenvalue weighted by Crippen LogP contribution is -2.45. The van der Waals surface area contributed by atoms with Gasteiger partial charge in [0.2, 0.25) is 9.84 Å². The summed E-state index contributed by atoms with van der Waals surface area (Å²) in [6.07, 6.45) is 0.928. The lowest BCUT2D eigenvalue weighted by atomic mass is 10.1. The summed E-state index contributed by atoms with van der Waals surface area (Å²) in [7, 11) is -3.41. The Labute approximate surface area is 133 Å². The maximum atomic E-state index is 12.8. The first-order valence-electron chi connectivity index (χ1n) is 7.06. The lowest BCUT2D eigenvalue weighted by molar-refractivity contribution is 0.113. The second kappa shape index (κ2) is 7.12. The molecule has 6 nitrogen and oxygen atoms in total. The molecule has 1 amide bonds. The number of alkyl halides is 2. The molecule has 0 unspecified atom stereocenters. The molecule has 1 fully saturated rings. The van der Waals surface area contributed by atoms with Gasteiger partial charge in [-0.1, -0.05) is 12.1 Å². The highest BCUT2D eigenvalue weighted by molar-refractivity contribution is 7.91. The van der Waals surface area contributed by atoms with Crippen molar-refractivity contribution in [2.24, 2.45) is 0 Å². The quantitative estimate of drug-likeness (QED) is 0.904. The normalized spacial score (nSPS) is 18.8. The molecule has 1 saturated heterocycles. The van der Waals surface area contributed by atoms with Crippen molar-refractivity contribution in [1.82, 2.24) is 4.90 Å². The summed E-state index contributed by atoms with van der Waals surface area (Å²) in [5.74, 6) is -3.48. The Balaban J connectivity index is 2.19. The molecule has 1 aliphatic rings. The number of hydrogen-bond donors (Lipinski definition) is 1. The number of piperidine rings is 1. The van der Waals surface area contributed by atoms with Crippen molar-refractivity contribution in [3.8, 4) is 0 Å². The Morgan fingerprint density at radius 1 is 1.39 bits per heavy atom. The fourth-order valence-corrected chi connectivity index (χ4v) is 3.43. The maximum absolute atomic E-state index is 12.8. The van der Waals surface area contributed by atoms with E-state index >= 15 is 0 Å². The van der Waals surface area contributed by atoms with Crippen molar-refractivity contribution in [1.29, 1.82) is 0 Å². The van der Waals surface area contributed by atoms with Crippen molar-refractivity contribution in [2.45, 2.75) is 29.5 Å². The molecule has 1 aromatic rings. The number of ether oxygens (including phenoxy) is 1. The zero-order valence-corrected chi connectivity index (χ0v) is 13.4. The number of anilines is 1. The summed E-state index contributed by atoms with van der Waals surface area (Å²) in [6, 6.07) is 5.30. The van der Waals surface area contributed by atoms with Crippen LogP contribution in [-0.2, 0) is 14.6 Å². The van der Waals surface area contributed by atoms with Crippen molar-refractivity contribution in [3.05, 3.63) is 24.3 Å². The van der Waals surface area contributed by atoms with Gasteiger partial charge >= 0.3 is 11.9 Å². The Morgan fingerprint density at radius 3 is 2.74 bits per heavy atom. The Hall–Kier alpha value is -1.90. The summed E-state index contributed by atoms with van der Waals surface area (Å²) in [4.78, 5) is 12.6. The van der Waals surface area contributed by atoms with Gasteiger partial charge in [0.1, 0.15) is 0 Å². The van der Waals surface area contributed by atoms with Gasteiger partial charge in [0, 0.05) is 19.1 Å². The first-order chi connectivity index (χ1) is 10.9. The summed E-state index contributed by atoms with van der Waals surface area (Å²) in [5, 5.41) is 2.96. The highest BCUT2D eigenvalue weighted by Crippen LogP contribution is 2.27. The predicted octanol–water partition coefficient (Wildman–Crippen LogP) is 2.33. The van der Waals surface area contributed by atoms with E-state index in [1.165, 1.54) is 24.1 Å². The largest absolute Gasteiger partial charge is 0.453 e. The number of nitrogens with one attached hydrogen (secondary N) is 1. The summed E-state index contributed by atoms with van der Waals surface area (Å²) in [5.41, 5.74) is 0.115. The van der Waals surface area contributed by atoms with Crippen LogP contribution in [0, 0.1) is 0 Å². The average Bonchev–Trinajstić information content (AvgIpc) is 2.54. The Kier molecular flexibility index (Phi) is 5.40. The summed E-state index contributed by atoms with van der Waals surface area (Å²) >= 11 is 0. The van der Waals surface area contributed by atoms with E-state index in [-0.39, 0.29) is 11.7 Å². The minimum atomic E-state index is -4.69. The molecule has 0 spiro atoms. The minimum absolute atomic E-state index is 0.115. The predicted molar refractivity (Wildman–Crippen MR) is 80.3 cm³/mol. The number of carbonyl (C=O) groups excluding carboxylic acids is 1. The van der Waals surface area contributed by atoms with Crippen LogP contribution < -0.4 is 5.32 Å². The van der Waals surface area contributed by atoms with Crippen molar-refractivity contribution in [2.75, 3.05) is 25.5 Å². The molecule has 1 aliphatic heterocycles. The molecule has 1 N–H and O–H groups in total. The van der Waals surface area contributed by atoms with Crippen LogP contribution in [-0.4, -0.2) is 51.4 Å². The van der Waals surface area contributed by atoms with E-state index in [2.05, 4.69) is 10.1 Å². The molecule has 0 saturated carbocycles. The standard InChI is InChI=1S/C14H18F2N2O4S/c1-22-14(19)18-8-4-5-10(9-18)17-11-6-2-3-7-12(11)23(20,21)13(15)16/h2-3,6-7,10,13,17H,4-5,8-9H2,1H3/t10-/m1/s1. The highest BCUT2D eigenvalue weighted by Gasteiger charge is 2.30. The van der Waals surface area contributed by atoms with Crippen LogP contribution >= 0.6 is 0 Å². The van der Waals surface area contributed by atoms with Gasteiger partial charge in [0.15, 0.2) is 0 Å². The van der Waals surface area contributed by atoms with E-state index in [1.807, 2.05) is 0 Å². The van der Waals surface area contributed by atoms with Gasteiger partial charge < -0.3 is 15.0 Å². The molecule has 9 heteroatoms.